The molecule has 1 atom stereocenters. The highest BCUT2D eigenvalue weighted by Gasteiger charge is 2.24. The van der Waals surface area contributed by atoms with Crippen molar-refractivity contribution >= 4 is 27.7 Å². The molecule has 3 aromatic carbocycles. The van der Waals surface area contributed by atoms with Crippen LogP contribution in [0.2, 0.25) is 0 Å². The Hall–Kier alpha value is -3.71. The Bertz CT molecular complexity index is 1400. The fraction of sp³-hybridized carbons (Fsp3) is 0.207. The average Bonchev–Trinajstić information content (AvgIpc) is 3.27. The van der Waals surface area contributed by atoms with Gasteiger partial charge in [0, 0.05) is 23.5 Å². The van der Waals surface area contributed by atoms with Crippen molar-refractivity contribution in [3.8, 4) is 11.3 Å². The number of carbonyl (C=O) groups is 2. The van der Waals surface area contributed by atoms with E-state index in [1.54, 1.807) is 17.8 Å². The SMILES string of the molecule is CNC(=O)C(Cc1cccc(Br)c1)NC(=O)c1cc(-c2cccc(C)c2)nn1Cc1cccc(C)c1. The number of aryl methyl sites for hydroxylation is 2. The molecule has 0 saturated carbocycles. The highest BCUT2D eigenvalue weighted by molar-refractivity contribution is 9.10. The molecule has 184 valence electrons. The Balaban J connectivity index is 1.67. The van der Waals surface area contributed by atoms with Gasteiger partial charge in [-0.15, -0.1) is 0 Å². The first kappa shape index (κ1) is 25.4. The van der Waals surface area contributed by atoms with Crippen molar-refractivity contribution in [1.82, 2.24) is 20.4 Å². The van der Waals surface area contributed by atoms with E-state index in [0.717, 1.165) is 32.3 Å². The largest absolute Gasteiger partial charge is 0.357 e. The van der Waals surface area contributed by atoms with E-state index in [4.69, 9.17) is 5.10 Å². The first-order valence-electron chi connectivity index (χ1n) is 11.8. The van der Waals surface area contributed by atoms with E-state index in [1.165, 1.54) is 0 Å². The van der Waals surface area contributed by atoms with Crippen LogP contribution in [0.3, 0.4) is 0 Å². The molecule has 0 aliphatic rings. The lowest BCUT2D eigenvalue weighted by molar-refractivity contribution is -0.122. The van der Waals surface area contributed by atoms with E-state index < -0.39 is 6.04 Å². The van der Waals surface area contributed by atoms with Gasteiger partial charge in [-0.05, 0) is 49.2 Å². The summed E-state index contributed by atoms with van der Waals surface area (Å²) in [6.07, 6.45) is 0.363. The maximum Gasteiger partial charge on any atom is 0.270 e. The van der Waals surface area contributed by atoms with Crippen LogP contribution < -0.4 is 10.6 Å². The summed E-state index contributed by atoms with van der Waals surface area (Å²) >= 11 is 3.47. The van der Waals surface area contributed by atoms with Crippen molar-refractivity contribution in [1.29, 1.82) is 0 Å². The maximum absolute atomic E-state index is 13.6. The van der Waals surface area contributed by atoms with Crippen LogP contribution in [0.4, 0.5) is 0 Å². The summed E-state index contributed by atoms with van der Waals surface area (Å²) in [4.78, 5) is 26.2. The lowest BCUT2D eigenvalue weighted by Gasteiger charge is -2.18. The predicted molar refractivity (Wildman–Crippen MR) is 146 cm³/mol. The van der Waals surface area contributed by atoms with Crippen LogP contribution >= 0.6 is 15.9 Å². The zero-order chi connectivity index (χ0) is 25.7. The minimum Gasteiger partial charge on any atom is -0.357 e. The van der Waals surface area contributed by atoms with Gasteiger partial charge in [-0.3, -0.25) is 14.3 Å². The van der Waals surface area contributed by atoms with Gasteiger partial charge in [0.2, 0.25) is 5.91 Å². The second kappa shape index (κ2) is 11.4. The fourth-order valence-corrected chi connectivity index (χ4v) is 4.61. The molecule has 1 aromatic heterocycles. The van der Waals surface area contributed by atoms with Gasteiger partial charge in [0.15, 0.2) is 0 Å². The van der Waals surface area contributed by atoms with E-state index >= 15 is 0 Å². The lowest BCUT2D eigenvalue weighted by Crippen LogP contribution is -2.47. The standard InChI is InChI=1S/C29H29BrN4O2/c1-19-7-4-10-22(13-19)18-34-27(17-25(33-34)23-11-5-8-20(2)14-23)29(36)32-26(28(35)31-3)16-21-9-6-12-24(30)15-21/h4-15,17,26H,16,18H2,1-3H3,(H,31,35)(H,32,36). The summed E-state index contributed by atoms with van der Waals surface area (Å²) < 4.78 is 2.63. The van der Waals surface area contributed by atoms with Crippen LogP contribution in [0, 0.1) is 13.8 Å². The van der Waals surface area contributed by atoms with Gasteiger partial charge < -0.3 is 10.6 Å². The molecule has 0 bridgehead atoms. The molecule has 1 heterocycles. The fourth-order valence-electron chi connectivity index (χ4n) is 4.16. The number of likely N-dealkylation sites (N-methyl/N-ethyl adjacent to an activating group) is 1. The molecule has 0 fully saturated rings. The molecule has 0 saturated heterocycles. The number of hydrogen-bond donors (Lipinski definition) is 2. The van der Waals surface area contributed by atoms with Crippen LogP contribution in [0.15, 0.2) is 83.3 Å². The Morgan fingerprint density at radius 1 is 0.917 bits per heavy atom. The van der Waals surface area contributed by atoms with Gasteiger partial charge in [0.05, 0.1) is 12.2 Å². The van der Waals surface area contributed by atoms with Gasteiger partial charge in [0.1, 0.15) is 11.7 Å². The van der Waals surface area contributed by atoms with E-state index in [1.807, 2.05) is 80.6 Å². The highest BCUT2D eigenvalue weighted by Crippen LogP contribution is 2.22. The Morgan fingerprint density at radius 2 is 1.61 bits per heavy atom. The van der Waals surface area contributed by atoms with Crippen molar-refractivity contribution in [3.05, 3.63) is 111 Å². The second-order valence-corrected chi connectivity index (χ2v) is 9.82. The molecule has 4 aromatic rings. The molecule has 36 heavy (non-hydrogen) atoms. The summed E-state index contributed by atoms with van der Waals surface area (Å²) in [5.74, 6) is -0.607. The van der Waals surface area contributed by atoms with Crippen molar-refractivity contribution in [2.45, 2.75) is 32.9 Å². The number of aromatic nitrogens is 2. The molecule has 1 unspecified atom stereocenters. The minimum absolute atomic E-state index is 0.257. The maximum atomic E-state index is 13.6. The molecule has 0 radical (unpaired) electrons. The van der Waals surface area contributed by atoms with Gasteiger partial charge in [0.25, 0.3) is 5.91 Å². The molecule has 0 spiro atoms. The summed E-state index contributed by atoms with van der Waals surface area (Å²) in [7, 11) is 1.57. The van der Waals surface area contributed by atoms with E-state index in [9.17, 15) is 9.59 Å². The number of amides is 2. The molecule has 6 nitrogen and oxygen atoms in total. The van der Waals surface area contributed by atoms with Crippen molar-refractivity contribution in [3.63, 3.8) is 0 Å². The lowest BCUT2D eigenvalue weighted by atomic mass is 10.0. The van der Waals surface area contributed by atoms with Crippen LogP contribution in [0.5, 0.6) is 0 Å². The number of benzene rings is 3. The van der Waals surface area contributed by atoms with Crippen LogP contribution in [-0.4, -0.2) is 34.7 Å². The number of nitrogens with zero attached hydrogens (tertiary/aromatic N) is 2. The predicted octanol–water partition coefficient (Wildman–Crippen LogP) is 5.06. The molecule has 7 heteroatoms. The Labute approximate surface area is 219 Å². The number of nitrogens with one attached hydrogen (secondary N) is 2. The van der Waals surface area contributed by atoms with E-state index in [0.29, 0.717) is 24.4 Å². The van der Waals surface area contributed by atoms with Crippen molar-refractivity contribution in [2.24, 2.45) is 0 Å². The number of halogens is 1. The first-order valence-corrected chi connectivity index (χ1v) is 12.6. The number of carbonyl (C=O) groups excluding carboxylic acids is 2. The summed E-state index contributed by atoms with van der Waals surface area (Å²) in [5, 5.41) is 10.4. The number of hydrogen-bond acceptors (Lipinski definition) is 3. The minimum atomic E-state index is -0.735. The van der Waals surface area contributed by atoms with Gasteiger partial charge in [-0.2, -0.15) is 5.10 Å². The normalized spacial score (nSPS) is 11.7. The zero-order valence-corrected chi connectivity index (χ0v) is 22.2. The topological polar surface area (TPSA) is 76.0 Å². The Morgan fingerprint density at radius 3 is 2.31 bits per heavy atom. The van der Waals surface area contributed by atoms with Crippen molar-refractivity contribution in [2.75, 3.05) is 7.05 Å². The summed E-state index contributed by atoms with van der Waals surface area (Å²) in [6, 6.07) is 24.9. The molecule has 2 amide bonds. The first-order chi connectivity index (χ1) is 17.3. The van der Waals surface area contributed by atoms with Gasteiger partial charge >= 0.3 is 0 Å². The van der Waals surface area contributed by atoms with Gasteiger partial charge in [-0.1, -0.05) is 81.7 Å². The third kappa shape index (κ3) is 6.29. The summed E-state index contributed by atoms with van der Waals surface area (Å²) in [5.41, 5.74) is 6.27. The van der Waals surface area contributed by atoms with Crippen molar-refractivity contribution < 1.29 is 9.59 Å². The molecular formula is C29H29BrN4O2. The molecule has 2 N–H and O–H groups in total. The smallest absolute Gasteiger partial charge is 0.270 e. The molecule has 0 aliphatic heterocycles. The quantitative estimate of drug-likeness (QED) is 0.325. The Kier molecular flexibility index (Phi) is 8.00. The molecule has 4 rings (SSSR count). The third-order valence-corrected chi connectivity index (χ3v) is 6.43. The summed E-state index contributed by atoms with van der Waals surface area (Å²) in [6.45, 7) is 4.50. The third-order valence-electron chi connectivity index (χ3n) is 5.94. The average molecular weight is 545 g/mol. The molecule has 0 aliphatic carbocycles. The molecular weight excluding hydrogens is 516 g/mol. The van der Waals surface area contributed by atoms with Crippen LogP contribution in [-0.2, 0) is 17.8 Å². The van der Waals surface area contributed by atoms with Crippen LogP contribution in [0.1, 0.15) is 32.7 Å². The second-order valence-electron chi connectivity index (χ2n) is 8.91. The van der Waals surface area contributed by atoms with Gasteiger partial charge in [-0.25, -0.2) is 0 Å². The highest BCUT2D eigenvalue weighted by atomic mass is 79.9. The van der Waals surface area contributed by atoms with E-state index in [-0.39, 0.29) is 11.8 Å². The van der Waals surface area contributed by atoms with E-state index in [2.05, 4.69) is 32.6 Å². The van der Waals surface area contributed by atoms with Crippen LogP contribution in [0.25, 0.3) is 11.3 Å². The monoisotopic (exact) mass is 544 g/mol. The zero-order valence-electron chi connectivity index (χ0n) is 20.6. The number of rotatable bonds is 8.